The summed E-state index contributed by atoms with van der Waals surface area (Å²) in [6, 6.07) is 22.4. The van der Waals surface area contributed by atoms with Gasteiger partial charge in [0.2, 0.25) is 0 Å². The van der Waals surface area contributed by atoms with Crippen molar-refractivity contribution in [2.45, 2.75) is 13.5 Å². The van der Waals surface area contributed by atoms with Crippen LogP contribution in [0.3, 0.4) is 0 Å². The number of benzene rings is 3. The summed E-state index contributed by atoms with van der Waals surface area (Å²) in [5, 5.41) is 3.55. The van der Waals surface area contributed by atoms with Crippen LogP contribution in [-0.4, -0.2) is 5.91 Å². The minimum Gasteiger partial charge on any atom is -0.489 e. The van der Waals surface area contributed by atoms with Crippen LogP contribution >= 0.6 is 11.6 Å². The molecule has 3 rings (SSSR count). The standard InChI is InChI=1S/C21H18ClNO2/c1-15-19(22)12-7-13-20(15)23-21(24)18-11-6-5-8-16(18)14-25-17-9-3-2-4-10-17/h2-13H,14H2,1H3,(H,23,24). The zero-order valence-corrected chi connectivity index (χ0v) is 14.6. The quantitative estimate of drug-likeness (QED) is 0.661. The van der Waals surface area contributed by atoms with E-state index in [2.05, 4.69) is 5.32 Å². The van der Waals surface area contributed by atoms with Crippen LogP contribution in [-0.2, 0) is 6.61 Å². The molecule has 0 aliphatic carbocycles. The molecule has 0 spiro atoms. The van der Waals surface area contributed by atoms with Gasteiger partial charge in [-0.25, -0.2) is 0 Å². The third-order valence-electron chi connectivity index (χ3n) is 3.92. The molecule has 0 aromatic heterocycles. The van der Waals surface area contributed by atoms with E-state index in [0.717, 1.165) is 16.9 Å². The molecule has 0 atom stereocenters. The van der Waals surface area contributed by atoms with E-state index >= 15 is 0 Å². The molecule has 3 nitrogen and oxygen atoms in total. The minimum atomic E-state index is -0.183. The fraction of sp³-hybridized carbons (Fsp3) is 0.0952. The number of carbonyl (C=O) groups is 1. The number of halogens is 1. The van der Waals surface area contributed by atoms with Crippen LogP contribution < -0.4 is 10.1 Å². The Balaban J connectivity index is 1.78. The van der Waals surface area contributed by atoms with Gasteiger partial charge in [0.15, 0.2) is 0 Å². The zero-order chi connectivity index (χ0) is 17.6. The summed E-state index contributed by atoms with van der Waals surface area (Å²) in [4.78, 5) is 12.7. The number of carbonyl (C=O) groups excluding carboxylic acids is 1. The van der Waals surface area contributed by atoms with Gasteiger partial charge >= 0.3 is 0 Å². The number of para-hydroxylation sites is 1. The molecular formula is C21H18ClNO2. The first-order valence-electron chi connectivity index (χ1n) is 7.97. The highest BCUT2D eigenvalue weighted by Gasteiger charge is 2.13. The first-order valence-corrected chi connectivity index (χ1v) is 8.35. The molecule has 0 aliphatic heterocycles. The van der Waals surface area contributed by atoms with Crippen molar-refractivity contribution in [2.24, 2.45) is 0 Å². The van der Waals surface area contributed by atoms with E-state index in [0.29, 0.717) is 22.9 Å². The highest BCUT2D eigenvalue weighted by Crippen LogP contribution is 2.24. The van der Waals surface area contributed by atoms with Gasteiger partial charge in [-0.2, -0.15) is 0 Å². The molecule has 0 bridgehead atoms. The molecule has 0 radical (unpaired) electrons. The first kappa shape index (κ1) is 17.1. The summed E-state index contributed by atoms with van der Waals surface area (Å²) in [6.45, 7) is 2.20. The first-order chi connectivity index (χ1) is 12.1. The van der Waals surface area contributed by atoms with E-state index in [-0.39, 0.29) is 5.91 Å². The predicted molar refractivity (Wildman–Crippen MR) is 101 cm³/mol. The van der Waals surface area contributed by atoms with Crippen molar-refractivity contribution < 1.29 is 9.53 Å². The molecule has 126 valence electrons. The predicted octanol–water partition coefficient (Wildman–Crippen LogP) is 5.48. The Morgan fingerprint density at radius 1 is 0.960 bits per heavy atom. The average Bonchev–Trinajstić information content (AvgIpc) is 2.65. The normalized spacial score (nSPS) is 10.3. The summed E-state index contributed by atoms with van der Waals surface area (Å²) in [7, 11) is 0. The Bertz CT molecular complexity index is 878. The van der Waals surface area contributed by atoms with Crippen LogP contribution in [0.4, 0.5) is 5.69 Å². The Morgan fingerprint density at radius 2 is 1.68 bits per heavy atom. The Hall–Kier alpha value is -2.78. The topological polar surface area (TPSA) is 38.3 Å². The van der Waals surface area contributed by atoms with Gasteiger partial charge < -0.3 is 10.1 Å². The van der Waals surface area contributed by atoms with Gasteiger partial charge in [-0.05, 0) is 42.8 Å². The number of nitrogens with one attached hydrogen (secondary N) is 1. The molecule has 0 saturated heterocycles. The number of rotatable bonds is 5. The molecule has 0 saturated carbocycles. The van der Waals surface area contributed by atoms with E-state index in [1.54, 1.807) is 12.1 Å². The summed E-state index contributed by atoms with van der Waals surface area (Å²) in [6.07, 6.45) is 0. The lowest BCUT2D eigenvalue weighted by Gasteiger charge is -2.13. The third-order valence-corrected chi connectivity index (χ3v) is 4.32. The molecule has 1 amide bonds. The largest absolute Gasteiger partial charge is 0.489 e. The third kappa shape index (κ3) is 4.20. The number of ether oxygens (including phenoxy) is 1. The van der Waals surface area contributed by atoms with Crippen LogP contribution in [0.1, 0.15) is 21.5 Å². The second-order valence-corrected chi connectivity index (χ2v) is 6.03. The van der Waals surface area contributed by atoms with E-state index in [1.807, 2.05) is 67.6 Å². The smallest absolute Gasteiger partial charge is 0.256 e. The zero-order valence-electron chi connectivity index (χ0n) is 13.8. The lowest BCUT2D eigenvalue weighted by molar-refractivity contribution is 0.102. The second-order valence-electron chi connectivity index (χ2n) is 5.63. The van der Waals surface area contributed by atoms with Crippen molar-refractivity contribution >= 4 is 23.2 Å². The minimum absolute atomic E-state index is 0.183. The summed E-state index contributed by atoms with van der Waals surface area (Å²) < 4.78 is 5.77. The van der Waals surface area contributed by atoms with E-state index in [4.69, 9.17) is 16.3 Å². The highest BCUT2D eigenvalue weighted by atomic mass is 35.5. The number of hydrogen-bond donors (Lipinski definition) is 1. The maximum Gasteiger partial charge on any atom is 0.256 e. The summed E-state index contributed by atoms with van der Waals surface area (Å²) >= 11 is 6.12. The molecule has 4 heteroatoms. The van der Waals surface area contributed by atoms with Gasteiger partial charge in [0.1, 0.15) is 12.4 Å². The molecule has 1 N–H and O–H groups in total. The monoisotopic (exact) mass is 351 g/mol. The fourth-order valence-electron chi connectivity index (χ4n) is 2.48. The molecule has 25 heavy (non-hydrogen) atoms. The maximum absolute atomic E-state index is 12.7. The van der Waals surface area contributed by atoms with Gasteiger partial charge in [0.05, 0.1) is 0 Å². The van der Waals surface area contributed by atoms with Crippen molar-refractivity contribution in [1.29, 1.82) is 0 Å². The number of hydrogen-bond acceptors (Lipinski definition) is 2. The van der Waals surface area contributed by atoms with E-state index in [9.17, 15) is 4.79 Å². The SMILES string of the molecule is Cc1c(Cl)cccc1NC(=O)c1ccccc1COc1ccccc1. The lowest BCUT2D eigenvalue weighted by atomic mass is 10.1. The van der Waals surface area contributed by atoms with Gasteiger partial charge in [-0.1, -0.05) is 54.1 Å². The Morgan fingerprint density at radius 3 is 2.48 bits per heavy atom. The van der Waals surface area contributed by atoms with Crippen molar-refractivity contribution in [2.75, 3.05) is 5.32 Å². The van der Waals surface area contributed by atoms with E-state index < -0.39 is 0 Å². The van der Waals surface area contributed by atoms with Crippen molar-refractivity contribution in [3.8, 4) is 5.75 Å². The maximum atomic E-state index is 12.7. The van der Waals surface area contributed by atoms with Crippen molar-refractivity contribution in [3.63, 3.8) is 0 Å². The second kappa shape index (κ2) is 7.86. The molecule has 0 aliphatic rings. The Labute approximate surface area is 152 Å². The average molecular weight is 352 g/mol. The number of anilines is 1. The molecule has 0 heterocycles. The van der Waals surface area contributed by atoms with Crippen LogP contribution in [0.15, 0.2) is 72.8 Å². The molecule has 0 fully saturated rings. The molecule has 3 aromatic carbocycles. The number of amides is 1. The van der Waals surface area contributed by atoms with Gasteiger partial charge in [-0.3, -0.25) is 4.79 Å². The summed E-state index contributed by atoms with van der Waals surface area (Å²) in [5.41, 5.74) is 2.95. The van der Waals surface area contributed by atoms with Crippen LogP contribution in [0.5, 0.6) is 5.75 Å². The summed E-state index contributed by atoms with van der Waals surface area (Å²) in [5.74, 6) is 0.584. The van der Waals surface area contributed by atoms with Gasteiger partial charge in [-0.15, -0.1) is 0 Å². The Kier molecular flexibility index (Phi) is 5.36. The van der Waals surface area contributed by atoms with Crippen LogP contribution in [0.25, 0.3) is 0 Å². The van der Waals surface area contributed by atoms with Gasteiger partial charge in [0, 0.05) is 21.8 Å². The van der Waals surface area contributed by atoms with Crippen molar-refractivity contribution in [1.82, 2.24) is 0 Å². The van der Waals surface area contributed by atoms with Crippen LogP contribution in [0.2, 0.25) is 5.02 Å². The molecule has 3 aromatic rings. The lowest BCUT2D eigenvalue weighted by Crippen LogP contribution is -2.15. The van der Waals surface area contributed by atoms with Gasteiger partial charge in [0.25, 0.3) is 5.91 Å². The molecule has 0 unspecified atom stereocenters. The van der Waals surface area contributed by atoms with Crippen molar-refractivity contribution in [3.05, 3.63) is 94.5 Å². The van der Waals surface area contributed by atoms with E-state index in [1.165, 1.54) is 0 Å². The highest BCUT2D eigenvalue weighted by molar-refractivity contribution is 6.31. The fourth-order valence-corrected chi connectivity index (χ4v) is 2.65. The van der Waals surface area contributed by atoms with Crippen LogP contribution in [0, 0.1) is 6.92 Å². The molecular weight excluding hydrogens is 334 g/mol.